The van der Waals surface area contributed by atoms with Gasteiger partial charge in [0.2, 0.25) is 0 Å². The molecule has 2 nitrogen and oxygen atoms in total. The maximum absolute atomic E-state index is 4.17. The predicted molar refractivity (Wildman–Crippen MR) is 77.3 cm³/mol. The largest absolute Gasteiger partial charge is 0.354 e. The number of aromatic amines is 1. The van der Waals surface area contributed by atoms with Gasteiger partial charge in [-0.1, -0.05) is 48.5 Å². The van der Waals surface area contributed by atoms with Crippen LogP contribution in [0.2, 0.25) is 0 Å². The summed E-state index contributed by atoms with van der Waals surface area (Å²) in [5.74, 6) is 0. The molecule has 0 bridgehead atoms. The van der Waals surface area contributed by atoms with Gasteiger partial charge in [-0.15, -0.1) is 0 Å². The third-order valence-corrected chi connectivity index (χ3v) is 3.07. The molecule has 0 spiro atoms. The van der Waals surface area contributed by atoms with E-state index in [0.717, 1.165) is 16.8 Å². The van der Waals surface area contributed by atoms with Crippen LogP contribution in [0, 0.1) is 0 Å². The number of nitrogens with one attached hydrogen (secondary N) is 1. The summed E-state index contributed by atoms with van der Waals surface area (Å²) in [6.45, 7) is 0. The van der Waals surface area contributed by atoms with Crippen LogP contribution in [0.15, 0.2) is 59.6 Å². The summed E-state index contributed by atoms with van der Waals surface area (Å²) in [5, 5.41) is 1.21. The lowest BCUT2D eigenvalue weighted by molar-refractivity contribution is 1.43. The third-order valence-electron chi connectivity index (χ3n) is 3.07. The fourth-order valence-electron chi connectivity index (χ4n) is 2.26. The molecule has 1 N–H and O–H groups in total. The minimum atomic E-state index is 1.13. The molecule has 0 aliphatic heterocycles. The van der Waals surface area contributed by atoms with Crippen molar-refractivity contribution in [2.24, 2.45) is 4.99 Å². The number of aliphatic imine (C=N–C) groups is 1. The van der Waals surface area contributed by atoms with Gasteiger partial charge in [0.1, 0.15) is 0 Å². The Bertz CT molecular complexity index is 693. The molecule has 0 saturated carbocycles. The van der Waals surface area contributed by atoms with Gasteiger partial charge >= 0.3 is 0 Å². The van der Waals surface area contributed by atoms with Crippen LogP contribution in [-0.2, 0) is 0 Å². The van der Waals surface area contributed by atoms with Crippen LogP contribution in [0.1, 0.15) is 5.56 Å². The van der Waals surface area contributed by atoms with Gasteiger partial charge in [-0.25, -0.2) is 0 Å². The smallest absolute Gasteiger partial charge is 0.0553 e. The van der Waals surface area contributed by atoms with Crippen molar-refractivity contribution >= 4 is 17.1 Å². The van der Waals surface area contributed by atoms with Crippen molar-refractivity contribution < 1.29 is 0 Å². The summed E-state index contributed by atoms with van der Waals surface area (Å²) >= 11 is 0. The first-order valence-corrected chi connectivity index (χ1v) is 5.98. The normalized spacial score (nSPS) is 11.4. The Labute approximate surface area is 106 Å². The number of hydrogen-bond donors (Lipinski definition) is 1. The lowest BCUT2D eigenvalue weighted by atomic mass is 10.1. The van der Waals surface area contributed by atoms with E-state index in [0.29, 0.717) is 0 Å². The first-order valence-electron chi connectivity index (χ1n) is 5.98. The highest BCUT2D eigenvalue weighted by Crippen LogP contribution is 2.28. The molecule has 3 aromatic rings. The average Bonchev–Trinajstić information content (AvgIpc) is 2.80. The average molecular weight is 234 g/mol. The summed E-state index contributed by atoms with van der Waals surface area (Å²) in [4.78, 5) is 7.64. The summed E-state index contributed by atoms with van der Waals surface area (Å²) in [6.07, 6.45) is 1.92. The molecule has 0 atom stereocenters. The molecule has 0 aliphatic rings. The molecule has 1 aromatic heterocycles. The van der Waals surface area contributed by atoms with Gasteiger partial charge in [-0.05, 0) is 11.6 Å². The molecular formula is C16H14N2. The Morgan fingerprint density at radius 3 is 2.44 bits per heavy atom. The van der Waals surface area contributed by atoms with Crippen molar-refractivity contribution in [3.05, 3.63) is 60.2 Å². The van der Waals surface area contributed by atoms with Crippen LogP contribution < -0.4 is 0 Å². The summed E-state index contributed by atoms with van der Waals surface area (Å²) in [6, 6.07) is 18.7. The molecule has 0 fully saturated rings. The second-order valence-electron chi connectivity index (χ2n) is 4.21. The van der Waals surface area contributed by atoms with Crippen LogP contribution in [0.25, 0.3) is 22.2 Å². The van der Waals surface area contributed by atoms with Crippen molar-refractivity contribution in [1.29, 1.82) is 0 Å². The molecule has 0 saturated heterocycles. The highest BCUT2D eigenvalue weighted by Gasteiger charge is 2.10. The van der Waals surface area contributed by atoms with Crippen molar-refractivity contribution in [3.63, 3.8) is 0 Å². The van der Waals surface area contributed by atoms with E-state index in [-0.39, 0.29) is 0 Å². The monoisotopic (exact) mass is 234 g/mol. The quantitative estimate of drug-likeness (QED) is 0.652. The molecule has 0 radical (unpaired) electrons. The lowest BCUT2D eigenvalue weighted by Crippen LogP contribution is -1.84. The molecule has 0 amide bonds. The molecule has 0 unspecified atom stereocenters. The molecule has 1 heterocycles. The number of para-hydroxylation sites is 1. The highest BCUT2D eigenvalue weighted by atomic mass is 14.7. The minimum Gasteiger partial charge on any atom is -0.354 e. The zero-order chi connectivity index (χ0) is 12.4. The first kappa shape index (κ1) is 10.8. The standard InChI is InChI=1S/C16H14N2/c1-17-11-14-13-9-5-6-10-15(13)18-16(14)12-7-3-2-4-8-12/h2-11,18H,1H3. The number of H-pyrrole nitrogens is 1. The van der Waals surface area contributed by atoms with Gasteiger partial charge in [-0.3, -0.25) is 4.99 Å². The lowest BCUT2D eigenvalue weighted by Gasteiger charge is -1.99. The minimum absolute atomic E-state index is 1.13. The van der Waals surface area contributed by atoms with Gasteiger partial charge in [0.25, 0.3) is 0 Å². The van der Waals surface area contributed by atoms with Gasteiger partial charge < -0.3 is 4.98 Å². The number of nitrogens with zero attached hydrogens (tertiary/aromatic N) is 1. The van der Waals surface area contributed by atoms with Crippen LogP contribution in [0.5, 0.6) is 0 Å². The van der Waals surface area contributed by atoms with E-state index in [1.807, 2.05) is 30.5 Å². The highest BCUT2D eigenvalue weighted by molar-refractivity contribution is 6.05. The predicted octanol–water partition coefficient (Wildman–Crippen LogP) is 3.88. The van der Waals surface area contributed by atoms with Crippen molar-refractivity contribution in [3.8, 4) is 11.3 Å². The molecule has 2 aromatic carbocycles. The first-order chi connectivity index (χ1) is 8.90. The van der Waals surface area contributed by atoms with Gasteiger partial charge in [0, 0.05) is 29.7 Å². The number of hydrogen-bond acceptors (Lipinski definition) is 1. The molecule has 18 heavy (non-hydrogen) atoms. The zero-order valence-electron chi connectivity index (χ0n) is 10.2. The molecular weight excluding hydrogens is 220 g/mol. The topological polar surface area (TPSA) is 28.1 Å². The summed E-state index contributed by atoms with van der Waals surface area (Å²) in [5.41, 5.74) is 4.61. The fourth-order valence-corrected chi connectivity index (χ4v) is 2.26. The number of rotatable bonds is 2. The SMILES string of the molecule is CN=Cc1c(-c2ccccc2)[nH]c2ccccc12. The van der Waals surface area contributed by atoms with Crippen molar-refractivity contribution in [2.45, 2.75) is 0 Å². The Morgan fingerprint density at radius 2 is 1.67 bits per heavy atom. The fraction of sp³-hybridized carbons (Fsp3) is 0.0625. The number of aromatic nitrogens is 1. The molecule has 3 rings (SSSR count). The van der Waals surface area contributed by atoms with Crippen molar-refractivity contribution in [2.75, 3.05) is 7.05 Å². The van der Waals surface area contributed by atoms with E-state index in [2.05, 4.69) is 40.3 Å². The Kier molecular flexibility index (Phi) is 2.69. The van der Waals surface area contributed by atoms with Crippen molar-refractivity contribution in [1.82, 2.24) is 4.98 Å². The molecule has 2 heteroatoms. The Morgan fingerprint density at radius 1 is 0.944 bits per heavy atom. The van der Waals surface area contributed by atoms with E-state index >= 15 is 0 Å². The van der Waals surface area contributed by atoms with Crippen LogP contribution in [-0.4, -0.2) is 18.2 Å². The maximum atomic E-state index is 4.17. The number of benzene rings is 2. The summed E-state index contributed by atoms with van der Waals surface area (Å²) < 4.78 is 0. The number of fused-ring (bicyclic) bond motifs is 1. The van der Waals surface area contributed by atoms with E-state index in [1.54, 1.807) is 7.05 Å². The van der Waals surface area contributed by atoms with Gasteiger partial charge in [0.05, 0.1) is 5.69 Å². The maximum Gasteiger partial charge on any atom is 0.0553 e. The second kappa shape index (κ2) is 4.49. The van der Waals surface area contributed by atoms with Gasteiger partial charge in [0.15, 0.2) is 0 Å². The second-order valence-corrected chi connectivity index (χ2v) is 4.21. The van der Waals surface area contributed by atoms with E-state index in [4.69, 9.17) is 0 Å². The third kappa shape index (κ3) is 1.72. The zero-order valence-corrected chi connectivity index (χ0v) is 10.2. The van der Waals surface area contributed by atoms with Crippen LogP contribution in [0.4, 0.5) is 0 Å². The van der Waals surface area contributed by atoms with Crippen LogP contribution in [0.3, 0.4) is 0 Å². The summed E-state index contributed by atoms with van der Waals surface area (Å²) in [7, 11) is 1.80. The van der Waals surface area contributed by atoms with Crippen LogP contribution >= 0.6 is 0 Å². The van der Waals surface area contributed by atoms with E-state index in [9.17, 15) is 0 Å². The Hall–Kier alpha value is -2.35. The van der Waals surface area contributed by atoms with Gasteiger partial charge in [-0.2, -0.15) is 0 Å². The van der Waals surface area contributed by atoms with E-state index in [1.165, 1.54) is 10.9 Å². The molecule has 0 aliphatic carbocycles. The Balaban J connectivity index is 2.32. The van der Waals surface area contributed by atoms with E-state index < -0.39 is 0 Å². The molecule has 88 valence electrons.